The predicted octanol–water partition coefficient (Wildman–Crippen LogP) is 6.19. The molecule has 8 atom stereocenters. The quantitative estimate of drug-likeness (QED) is 0.603. The summed E-state index contributed by atoms with van der Waals surface area (Å²) in [5.41, 5.74) is 3.99. The number of hydrogen-bond donors (Lipinski definition) is 1. The molecule has 0 radical (unpaired) electrons. The van der Waals surface area contributed by atoms with Gasteiger partial charge in [-0.15, -0.1) is 5.48 Å². The molecule has 0 amide bonds. The third kappa shape index (κ3) is 3.15. The Kier molecular flexibility index (Phi) is 5.24. The van der Waals surface area contributed by atoms with Crippen LogP contribution in [0.15, 0.2) is 30.3 Å². The summed E-state index contributed by atoms with van der Waals surface area (Å²) < 4.78 is 0. The fourth-order valence-corrected chi connectivity index (χ4v) is 8.64. The molecule has 3 nitrogen and oxygen atoms in total. The molecule has 5 rings (SSSR count). The number of rotatable bonds is 4. The first-order valence-corrected chi connectivity index (χ1v) is 12.5. The first-order valence-electron chi connectivity index (χ1n) is 12.5. The zero-order valence-electron chi connectivity index (χ0n) is 19.0. The average molecular weight is 410 g/mol. The van der Waals surface area contributed by atoms with E-state index in [4.69, 9.17) is 4.84 Å². The number of benzene rings is 1. The van der Waals surface area contributed by atoms with E-state index in [0.717, 1.165) is 42.3 Å². The van der Waals surface area contributed by atoms with E-state index >= 15 is 0 Å². The van der Waals surface area contributed by atoms with Gasteiger partial charge in [-0.3, -0.25) is 4.79 Å². The molecular weight excluding hydrogens is 370 g/mol. The van der Waals surface area contributed by atoms with Gasteiger partial charge in [-0.05, 0) is 97.5 Å². The Morgan fingerprint density at radius 3 is 2.53 bits per heavy atom. The van der Waals surface area contributed by atoms with Crippen molar-refractivity contribution in [2.45, 2.75) is 84.6 Å². The molecule has 0 unspecified atom stereocenters. The Morgan fingerprint density at radius 1 is 1.00 bits per heavy atom. The van der Waals surface area contributed by atoms with Crippen molar-refractivity contribution in [3.05, 3.63) is 30.3 Å². The van der Waals surface area contributed by atoms with E-state index in [2.05, 4.69) is 26.3 Å². The third-order valence-electron chi connectivity index (χ3n) is 10.3. The summed E-state index contributed by atoms with van der Waals surface area (Å²) in [6, 6.07) is 9.61. The maximum atomic E-state index is 12.9. The lowest BCUT2D eigenvalue weighted by Crippen LogP contribution is -2.58. The van der Waals surface area contributed by atoms with E-state index in [9.17, 15) is 4.79 Å². The van der Waals surface area contributed by atoms with Gasteiger partial charge < -0.3 is 4.84 Å². The van der Waals surface area contributed by atoms with Crippen molar-refractivity contribution in [1.29, 1.82) is 0 Å². The molecule has 0 spiro atoms. The van der Waals surface area contributed by atoms with Crippen LogP contribution in [-0.2, 0) is 4.79 Å². The van der Waals surface area contributed by atoms with Gasteiger partial charge in [0.2, 0.25) is 0 Å². The van der Waals surface area contributed by atoms with Crippen LogP contribution < -0.4 is 10.3 Å². The Bertz CT molecular complexity index is 778. The summed E-state index contributed by atoms with van der Waals surface area (Å²) in [4.78, 5) is 18.8. The molecule has 30 heavy (non-hydrogen) atoms. The molecular formula is C27H39NO2. The lowest BCUT2D eigenvalue weighted by molar-refractivity contribution is -0.147. The molecule has 4 aliphatic rings. The standard InChI is InChI=1S/C27H39NO2/c1-4-18-11-13-22-21-12-10-19-16-25(29)24(28-30-20-8-6-5-7-9-20)17-27(19,3)23(21)14-15-26(18,22)2/h5-9,18-19,21-24,28H,4,10-17H2,1-3H3/t18-,19+,21-,22+,23+,24+,26+,27-/m0/s1. The van der Waals surface area contributed by atoms with E-state index in [1.165, 1.54) is 44.9 Å². The molecule has 0 aromatic heterocycles. The van der Waals surface area contributed by atoms with E-state index in [0.29, 0.717) is 17.1 Å². The minimum absolute atomic E-state index is 0.175. The van der Waals surface area contributed by atoms with Crippen molar-refractivity contribution in [1.82, 2.24) is 5.48 Å². The molecule has 0 heterocycles. The van der Waals surface area contributed by atoms with Gasteiger partial charge in [0.1, 0.15) is 11.8 Å². The Balaban J connectivity index is 1.34. The molecule has 1 aromatic rings. The second-order valence-corrected chi connectivity index (χ2v) is 11.3. The van der Waals surface area contributed by atoms with E-state index < -0.39 is 0 Å². The van der Waals surface area contributed by atoms with Crippen LogP contribution in [0.2, 0.25) is 0 Å². The molecule has 1 aromatic carbocycles. The van der Waals surface area contributed by atoms with E-state index in [1.807, 2.05) is 30.3 Å². The Labute approximate surface area is 182 Å². The van der Waals surface area contributed by atoms with Gasteiger partial charge in [-0.25, -0.2) is 0 Å². The highest BCUT2D eigenvalue weighted by Gasteiger charge is 2.60. The number of nitrogens with one attached hydrogen (secondary N) is 1. The van der Waals surface area contributed by atoms with Crippen LogP contribution >= 0.6 is 0 Å². The maximum Gasteiger partial charge on any atom is 0.153 e. The number of ketones is 1. The van der Waals surface area contributed by atoms with Crippen LogP contribution in [0, 0.1) is 40.4 Å². The zero-order valence-corrected chi connectivity index (χ0v) is 19.0. The van der Waals surface area contributed by atoms with Gasteiger partial charge in [0.05, 0.1) is 0 Å². The monoisotopic (exact) mass is 409 g/mol. The van der Waals surface area contributed by atoms with Gasteiger partial charge in [0.25, 0.3) is 0 Å². The van der Waals surface area contributed by atoms with Gasteiger partial charge in [0, 0.05) is 6.42 Å². The van der Waals surface area contributed by atoms with Crippen LogP contribution in [0.5, 0.6) is 5.75 Å². The molecule has 0 aliphatic heterocycles. The first kappa shape index (κ1) is 20.5. The molecule has 4 aliphatic carbocycles. The van der Waals surface area contributed by atoms with Crippen molar-refractivity contribution in [2.24, 2.45) is 40.4 Å². The molecule has 164 valence electrons. The Morgan fingerprint density at radius 2 is 1.77 bits per heavy atom. The average Bonchev–Trinajstić information content (AvgIpc) is 3.10. The fourth-order valence-electron chi connectivity index (χ4n) is 8.64. The van der Waals surface area contributed by atoms with Crippen LogP contribution in [0.3, 0.4) is 0 Å². The lowest BCUT2D eigenvalue weighted by atomic mass is 9.44. The highest BCUT2D eigenvalue weighted by atomic mass is 16.6. The third-order valence-corrected chi connectivity index (χ3v) is 10.3. The smallest absolute Gasteiger partial charge is 0.153 e. The van der Waals surface area contributed by atoms with Gasteiger partial charge in [0.15, 0.2) is 5.78 Å². The summed E-state index contributed by atoms with van der Waals surface area (Å²) in [6.07, 6.45) is 11.3. The first-order chi connectivity index (χ1) is 14.5. The number of fused-ring (bicyclic) bond motifs is 5. The zero-order chi connectivity index (χ0) is 20.9. The minimum atomic E-state index is -0.175. The van der Waals surface area contributed by atoms with Gasteiger partial charge >= 0.3 is 0 Å². The van der Waals surface area contributed by atoms with E-state index in [1.54, 1.807) is 0 Å². The minimum Gasteiger partial charge on any atom is -0.408 e. The highest BCUT2D eigenvalue weighted by molar-refractivity contribution is 5.85. The topological polar surface area (TPSA) is 38.3 Å². The van der Waals surface area contributed by atoms with Crippen molar-refractivity contribution in [3.8, 4) is 5.75 Å². The second kappa shape index (κ2) is 7.65. The normalized spacial score (nSPS) is 45.4. The SMILES string of the molecule is CC[C@H]1CC[C@@H]2[C@@H]3CC[C@@H]4CC(=O)[C@H](NOc5ccccc5)C[C@]4(C)[C@@H]3CC[C@]12C. The molecule has 3 heteroatoms. The number of Topliss-reactive ketones (excluding diaryl/α,β-unsaturated/α-hetero) is 1. The second-order valence-electron chi connectivity index (χ2n) is 11.3. The molecule has 4 saturated carbocycles. The van der Waals surface area contributed by atoms with Gasteiger partial charge in [-0.1, -0.05) is 45.4 Å². The molecule has 0 bridgehead atoms. The number of hydroxylamine groups is 1. The summed E-state index contributed by atoms with van der Waals surface area (Å²) in [5, 5.41) is 0. The van der Waals surface area contributed by atoms with Crippen molar-refractivity contribution in [3.63, 3.8) is 0 Å². The van der Waals surface area contributed by atoms with Crippen molar-refractivity contribution >= 4 is 5.78 Å². The lowest BCUT2D eigenvalue weighted by Gasteiger charge is -2.61. The number of carbonyl (C=O) groups is 1. The fraction of sp³-hybridized carbons (Fsp3) is 0.741. The largest absolute Gasteiger partial charge is 0.408 e. The summed E-state index contributed by atoms with van der Waals surface area (Å²) in [5.74, 6) is 5.17. The predicted molar refractivity (Wildman–Crippen MR) is 120 cm³/mol. The van der Waals surface area contributed by atoms with Crippen molar-refractivity contribution in [2.75, 3.05) is 0 Å². The highest BCUT2D eigenvalue weighted by Crippen LogP contribution is 2.67. The van der Waals surface area contributed by atoms with Gasteiger partial charge in [-0.2, -0.15) is 0 Å². The number of carbonyl (C=O) groups excluding carboxylic acids is 1. The number of hydrogen-bond acceptors (Lipinski definition) is 3. The molecule has 4 fully saturated rings. The summed E-state index contributed by atoms with van der Waals surface area (Å²) in [7, 11) is 0. The summed E-state index contributed by atoms with van der Waals surface area (Å²) in [6.45, 7) is 7.54. The van der Waals surface area contributed by atoms with Crippen molar-refractivity contribution < 1.29 is 9.63 Å². The maximum absolute atomic E-state index is 12.9. The van der Waals surface area contributed by atoms with Crippen LogP contribution in [0.4, 0.5) is 0 Å². The summed E-state index contributed by atoms with van der Waals surface area (Å²) >= 11 is 0. The van der Waals surface area contributed by atoms with E-state index in [-0.39, 0.29) is 11.5 Å². The van der Waals surface area contributed by atoms with Crippen LogP contribution in [-0.4, -0.2) is 11.8 Å². The van der Waals surface area contributed by atoms with Crippen LogP contribution in [0.1, 0.15) is 78.6 Å². The molecule has 1 N–H and O–H groups in total. The number of para-hydroxylation sites is 1. The Hall–Kier alpha value is -1.35. The molecule has 0 saturated heterocycles. The van der Waals surface area contributed by atoms with Crippen LogP contribution in [0.25, 0.3) is 0 Å².